The molecule has 162 valence electrons. The lowest BCUT2D eigenvalue weighted by Crippen LogP contribution is -2.50. The number of rotatable bonds is 6. The molecule has 30 heavy (non-hydrogen) atoms. The quantitative estimate of drug-likeness (QED) is 0.691. The van der Waals surface area contributed by atoms with Gasteiger partial charge >= 0.3 is 6.09 Å². The van der Waals surface area contributed by atoms with Gasteiger partial charge in [-0.05, 0) is 62.9 Å². The summed E-state index contributed by atoms with van der Waals surface area (Å²) >= 11 is 0. The standard InChI is InChI=1S/C23H29NO5S/c1-4-29-23(25)24-14-13-22(16-19(24)15-18-7-5-17(2)6-8-18)30(26,27)21-11-9-20(28-3)10-12-21/h5-12,19,22H,4,13-16H2,1-3H3. The molecule has 1 saturated heterocycles. The number of methoxy groups -OCH3 is 1. The van der Waals surface area contributed by atoms with Crippen LogP contribution in [-0.4, -0.2) is 51.0 Å². The molecule has 0 aliphatic carbocycles. The van der Waals surface area contributed by atoms with Crippen LogP contribution >= 0.6 is 0 Å². The van der Waals surface area contributed by atoms with E-state index in [0.29, 0.717) is 38.2 Å². The highest BCUT2D eigenvalue weighted by Gasteiger charge is 2.38. The average Bonchev–Trinajstić information content (AvgIpc) is 2.75. The maximum absolute atomic E-state index is 13.3. The van der Waals surface area contributed by atoms with Crippen molar-refractivity contribution in [2.45, 2.75) is 49.3 Å². The number of piperidine rings is 1. The molecular formula is C23H29NO5S. The summed E-state index contributed by atoms with van der Waals surface area (Å²) in [6.45, 7) is 4.44. The van der Waals surface area contributed by atoms with Gasteiger partial charge in [-0.25, -0.2) is 13.2 Å². The highest BCUT2D eigenvalue weighted by molar-refractivity contribution is 7.92. The number of amides is 1. The second-order valence-electron chi connectivity index (χ2n) is 7.60. The average molecular weight is 432 g/mol. The van der Waals surface area contributed by atoms with Gasteiger partial charge < -0.3 is 14.4 Å². The zero-order valence-corrected chi connectivity index (χ0v) is 18.5. The summed E-state index contributed by atoms with van der Waals surface area (Å²) in [5, 5.41) is -0.549. The van der Waals surface area contributed by atoms with Crippen LogP contribution in [0.4, 0.5) is 4.79 Å². The smallest absolute Gasteiger partial charge is 0.410 e. The predicted octanol–water partition coefficient (Wildman–Crippen LogP) is 4.01. The first-order valence-electron chi connectivity index (χ1n) is 10.2. The Morgan fingerprint density at radius 2 is 1.77 bits per heavy atom. The van der Waals surface area contributed by atoms with Gasteiger partial charge in [-0.3, -0.25) is 0 Å². The molecule has 0 spiro atoms. The van der Waals surface area contributed by atoms with Crippen LogP contribution in [0.5, 0.6) is 5.75 Å². The fourth-order valence-electron chi connectivity index (χ4n) is 3.89. The number of hydrogen-bond acceptors (Lipinski definition) is 5. The summed E-state index contributed by atoms with van der Waals surface area (Å²) in [7, 11) is -1.97. The number of sulfone groups is 1. The molecule has 0 bridgehead atoms. The molecule has 1 aliphatic rings. The second kappa shape index (κ2) is 9.51. The van der Waals surface area contributed by atoms with E-state index < -0.39 is 15.1 Å². The Kier molecular flexibility index (Phi) is 7.02. The molecule has 2 unspecified atom stereocenters. The predicted molar refractivity (Wildman–Crippen MR) is 116 cm³/mol. The van der Waals surface area contributed by atoms with Gasteiger partial charge in [-0.1, -0.05) is 29.8 Å². The maximum Gasteiger partial charge on any atom is 0.410 e. The zero-order chi connectivity index (χ0) is 21.7. The molecule has 6 nitrogen and oxygen atoms in total. The van der Waals surface area contributed by atoms with Gasteiger partial charge in [0.15, 0.2) is 9.84 Å². The number of hydrogen-bond donors (Lipinski definition) is 0. The van der Waals surface area contributed by atoms with Crippen LogP contribution in [0.25, 0.3) is 0 Å². The SMILES string of the molecule is CCOC(=O)N1CCC(S(=O)(=O)c2ccc(OC)cc2)CC1Cc1ccc(C)cc1. The maximum atomic E-state index is 13.3. The first-order valence-corrected chi connectivity index (χ1v) is 11.8. The summed E-state index contributed by atoms with van der Waals surface area (Å²) in [5.41, 5.74) is 2.23. The molecular weight excluding hydrogens is 402 g/mol. The number of likely N-dealkylation sites (tertiary alicyclic amines) is 1. The van der Waals surface area contributed by atoms with Crippen LogP contribution in [0.3, 0.4) is 0 Å². The highest BCUT2D eigenvalue weighted by Crippen LogP contribution is 2.30. The van der Waals surface area contributed by atoms with Crippen LogP contribution in [0.1, 0.15) is 30.9 Å². The van der Waals surface area contributed by atoms with Gasteiger partial charge in [0.2, 0.25) is 0 Å². The molecule has 2 atom stereocenters. The van der Waals surface area contributed by atoms with E-state index in [2.05, 4.69) is 0 Å². The summed E-state index contributed by atoms with van der Waals surface area (Å²) < 4.78 is 36.9. The Morgan fingerprint density at radius 1 is 1.10 bits per heavy atom. The minimum atomic E-state index is -3.51. The van der Waals surface area contributed by atoms with E-state index in [9.17, 15) is 13.2 Å². The van der Waals surface area contributed by atoms with Gasteiger partial charge in [0.05, 0.1) is 23.9 Å². The number of ether oxygens (including phenoxy) is 2. The lowest BCUT2D eigenvalue weighted by Gasteiger charge is -2.38. The Balaban J connectivity index is 1.83. The van der Waals surface area contributed by atoms with Gasteiger partial charge in [0, 0.05) is 12.6 Å². The van der Waals surface area contributed by atoms with E-state index >= 15 is 0 Å². The molecule has 7 heteroatoms. The highest BCUT2D eigenvalue weighted by atomic mass is 32.2. The number of nitrogens with zero attached hydrogens (tertiary/aromatic N) is 1. The van der Waals surface area contributed by atoms with E-state index in [1.165, 1.54) is 0 Å². The largest absolute Gasteiger partial charge is 0.497 e. The van der Waals surface area contributed by atoms with E-state index in [4.69, 9.17) is 9.47 Å². The third-order valence-corrected chi connectivity index (χ3v) is 7.82. The molecule has 0 radical (unpaired) electrons. The Bertz CT molecular complexity index is 954. The van der Waals surface area contributed by atoms with Crippen molar-refractivity contribution in [3.63, 3.8) is 0 Å². The normalized spacial score (nSPS) is 19.4. The van der Waals surface area contributed by atoms with E-state index in [0.717, 1.165) is 11.1 Å². The molecule has 0 N–H and O–H groups in total. The van der Waals surface area contributed by atoms with Crippen molar-refractivity contribution in [2.75, 3.05) is 20.3 Å². The third-order valence-electron chi connectivity index (χ3n) is 5.59. The van der Waals surface area contributed by atoms with E-state index in [1.54, 1.807) is 43.2 Å². The second-order valence-corrected chi connectivity index (χ2v) is 9.83. The van der Waals surface area contributed by atoms with Crippen molar-refractivity contribution in [2.24, 2.45) is 0 Å². The van der Waals surface area contributed by atoms with Crippen LogP contribution < -0.4 is 4.74 Å². The van der Waals surface area contributed by atoms with Crippen molar-refractivity contribution in [3.05, 3.63) is 59.7 Å². The topological polar surface area (TPSA) is 72.9 Å². The van der Waals surface area contributed by atoms with Crippen molar-refractivity contribution in [3.8, 4) is 5.75 Å². The molecule has 1 amide bonds. The molecule has 3 rings (SSSR count). The summed E-state index contributed by atoms with van der Waals surface area (Å²) in [6.07, 6.45) is 0.974. The van der Waals surface area contributed by atoms with Crippen molar-refractivity contribution >= 4 is 15.9 Å². The number of carbonyl (C=O) groups is 1. The number of aryl methyl sites for hydroxylation is 1. The zero-order valence-electron chi connectivity index (χ0n) is 17.7. The fraction of sp³-hybridized carbons (Fsp3) is 0.435. The molecule has 2 aromatic carbocycles. The molecule has 1 heterocycles. The van der Waals surface area contributed by atoms with Crippen LogP contribution in [0.2, 0.25) is 0 Å². The molecule has 1 fully saturated rings. The fourth-order valence-corrected chi connectivity index (χ4v) is 5.68. The van der Waals surface area contributed by atoms with E-state index in [1.807, 2.05) is 31.2 Å². The van der Waals surface area contributed by atoms with Crippen molar-refractivity contribution < 1.29 is 22.7 Å². The molecule has 0 saturated carbocycles. The first-order chi connectivity index (χ1) is 14.3. The molecule has 2 aromatic rings. The van der Waals surface area contributed by atoms with Gasteiger partial charge in [-0.15, -0.1) is 0 Å². The van der Waals surface area contributed by atoms with E-state index in [-0.39, 0.29) is 17.0 Å². The number of carbonyl (C=O) groups excluding carboxylic acids is 1. The van der Waals surface area contributed by atoms with Crippen LogP contribution in [0, 0.1) is 6.92 Å². The minimum absolute atomic E-state index is 0.237. The lowest BCUT2D eigenvalue weighted by molar-refractivity contribution is 0.0774. The molecule has 0 aromatic heterocycles. The first kappa shape index (κ1) is 22.2. The summed E-state index contributed by atoms with van der Waals surface area (Å²) in [5.74, 6) is 0.614. The summed E-state index contributed by atoms with van der Waals surface area (Å²) in [6, 6.07) is 14.4. The van der Waals surface area contributed by atoms with Crippen molar-refractivity contribution in [1.29, 1.82) is 0 Å². The monoisotopic (exact) mass is 431 g/mol. The Morgan fingerprint density at radius 3 is 2.37 bits per heavy atom. The number of benzene rings is 2. The van der Waals surface area contributed by atoms with Crippen molar-refractivity contribution in [1.82, 2.24) is 4.90 Å². The third kappa shape index (κ3) is 4.95. The Hall–Kier alpha value is -2.54. The Labute approximate surface area is 178 Å². The minimum Gasteiger partial charge on any atom is -0.497 e. The summed E-state index contributed by atoms with van der Waals surface area (Å²) in [4.78, 5) is 14.5. The van der Waals surface area contributed by atoms with Crippen LogP contribution in [0.15, 0.2) is 53.4 Å². The lowest BCUT2D eigenvalue weighted by atomic mass is 9.95. The van der Waals surface area contributed by atoms with Crippen LogP contribution in [-0.2, 0) is 21.0 Å². The van der Waals surface area contributed by atoms with Gasteiger partial charge in [-0.2, -0.15) is 0 Å². The van der Waals surface area contributed by atoms with Gasteiger partial charge in [0.25, 0.3) is 0 Å². The van der Waals surface area contributed by atoms with Gasteiger partial charge in [0.1, 0.15) is 5.75 Å². The molecule has 1 aliphatic heterocycles.